The molecule has 2 aliphatic rings. The second-order valence-electron chi connectivity index (χ2n) is 11.5. The van der Waals surface area contributed by atoms with Gasteiger partial charge in [-0.15, -0.1) is 5.10 Å². The number of halogens is 3. The van der Waals surface area contributed by atoms with Crippen molar-refractivity contribution in [1.29, 1.82) is 0 Å². The van der Waals surface area contributed by atoms with E-state index < -0.39 is 27.5 Å². The fourth-order valence-electron chi connectivity index (χ4n) is 5.43. The number of anilines is 1. The highest BCUT2D eigenvalue weighted by molar-refractivity contribution is 7.90. The predicted molar refractivity (Wildman–Crippen MR) is 145 cm³/mol. The second-order valence-corrected chi connectivity index (χ2v) is 13.2. The summed E-state index contributed by atoms with van der Waals surface area (Å²) in [5.41, 5.74) is -1.94. The Balaban J connectivity index is 1.40. The normalized spacial score (nSPS) is 19.7. The molecule has 1 aliphatic carbocycles. The lowest BCUT2D eigenvalue weighted by Gasteiger charge is -2.34. The van der Waals surface area contributed by atoms with Crippen molar-refractivity contribution in [2.45, 2.75) is 63.1 Å². The number of pyridine rings is 1. The lowest BCUT2D eigenvalue weighted by Crippen LogP contribution is -2.41. The molecule has 1 saturated heterocycles. The molecule has 41 heavy (non-hydrogen) atoms. The Morgan fingerprint density at radius 2 is 1.83 bits per heavy atom. The molecule has 0 radical (unpaired) electrons. The van der Waals surface area contributed by atoms with Crippen LogP contribution < -0.4 is 14.4 Å². The molecule has 1 aliphatic heterocycles. The van der Waals surface area contributed by atoms with Crippen LogP contribution in [0.15, 0.2) is 59.6 Å². The SMILES string of the molecule is CC1CN(c2nc(-n3ccc(OCCC4(C(F)(F)F)CC4)n3)ccc2C(=O)NS(=O)(=O)c2ccccc2)C(C)(C)C1. The first-order valence-corrected chi connectivity index (χ1v) is 14.9. The van der Waals surface area contributed by atoms with Gasteiger partial charge in [0, 0.05) is 24.3 Å². The van der Waals surface area contributed by atoms with Crippen LogP contribution >= 0.6 is 0 Å². The van der Waals surface area contributed by atoms with Crippen LogP contribution in [0, 0.1) is 11.3 Å². The van der Waals surface area contributed by atoms with Gasteiger partial charge < -0.3 is 9.64 Å². The zero-order valence-corrected chi connectivity index (χ0v) is 23.8. The van der Waals surface area contributed by atoms with Gasteiger partial charge in [-0.3, -0.25) is 4.79 Å². The fourth-order valence-corrected chi connectivity index (χ4v) is 6.42. The molecule has 220 valence electrons. The number of rotatable bonds is 9. The first-order valence-electron chi connectivity index (χ1n) is 13.4. The van der Waals surface area contributed by atoms with E-state index in [1.165, 1.54) is 35.0 Å². The zero-order valence-electron chi connectivity index (χ0n) is 23.0. The van der Waals surface area contributed by atoms with Gasteiger partial charge in [-0.2, -0.15) is 13.2 Å². The molecular weight excluding hydrogens is 559 g/mol. The summed E-state index contributed by atoms with van der Waals surface area (Å²) in [5.74, 6) is 0.271. The molecule has 0 bridgehead atoms. The Labute approximate surface area is 236 Å². The third kappa shape index (κ3) is 5.90. The Kier molecular flexibility index (Phi) is 7.29. The molecule has 13 heteroatoms. The number of benzene rings is 1. The Hall–Kier alpha value is -3.61. The van der Waals surface area contributed by atoms with E-state index in [2.05, 4.69) is 16.7 Å². The average Bonchev–Trinajstić information content (AvgIpc) is 3.47. The summed E-state index contributed by atoms with van der Waals surface area (Å²) < 4.78 is 74.4. The second kappa shape index (κ2) is 10.3. The van der Waals surface area contributed by atoms with E-state index in [4.69, 9.17) is 9.72 Å². The number of nitrogens with one attached hydrogen (secondary N) is 1. The quantitative estimate of drug-likeness (QED) is 0.368. The van der Waals surface area contributed by atoms with Gasteiger partial charge in [0.25, 0.3) is 15.9 Å². The molecule has 1 unspecified atom stereocenters. The summed E-state index contributed by atoms with van der Waals surface area (Å²) >= 11 is 0. The van der Waals surface area contributed by atoms with E-state index in [1.54, 1.807) is 24.4 Å². The smallest absolute Gasteiger partial charge is 0.394 e. The molecular formula is C28H32F3N5O4S. The van der Waals surface area contributed by atoms with Gasteiger partial charge in [-0.05, 0) is 69.7 Å². The number of aromatic nitrogens is 3. The highest BCUT2D eigenvalue weighted by Crippen LogP contribution is 2.59. The van der Waals surface area contributed by atoms with Gasteiger partial charge in [0.05, 0.1) is 22.5 Å². The van der Waals surface area contributed by atoms with Crippen molar-refractivity contribution in [3.8, 4) is 11.7 Å². The molecule has 1 amide bonds. The molecule has 9 nitrogen and oxygen atoms in total. The zero-order chi connectivity index (χ0) is 29.6. The van der Waals surface area contributed by atoms with Crippen molar-refractivity contribution in [3.05, 3.63) is 60.3 Å². The van der Waals surface area contributed by atoms with Crippen LogP contribution in [0.2, 0.25) is 0 Å². The Bertz CT molecular complexity index is 1540. The third-order valence-electron chi connectivity index (χ3n) is 7.80. The van der Waals surface area contributed by atoms with Gasteiger partial charge in [-0.25, -0.2) is 22.8 Å². The minimum absolute atomic E-state index is 0.0403. The molecule has 1 N–H and O–H groups in total. The summed E-state index contributed by atoms with van der Waals surface area (Å²) in [4.78, 5) is 20.0. The maximum Gasteiger partial charge on any atom is 0.394 e. The van der Waals surface area contributed by atoms with Gasteiger partial charge in [0.15, 0.2) is 5.82 Å². The van der Waals surface area contributed by atoms with E-state index in [9.17, 15) is 26.4 Å². The summed E-state index contributed by atoms with van der Waals surface area (Å²) in [6, 6.07) is 12.2. The maximum atomic E-state index is 13.4. The standard InChI is InChI=1S/C28H32F3N5O4S/c1-19-17-26(2,3)35(18-19)24-21(25(37)34-41(38,39)20-7-5-4-6-8-20)9-10-22(32-24)36-15-11-23(33-36)40-16-14-27(12-13-27)28(29,30)31/h4-11,15,19H,12-14,16-18H2,1-3H3,(H,34,37). The molecule has 5 rings (SSSR count). The monoisotopic (exact) mass is 591 g/mol. The number of ether oxygens (including phenoxy) is 1. The Morgan fingerprint density at radius 3 is 2.44 bits per heavy atom. The number of carbonyl (C=O) groups excluding carboxylic acids is 1. The minimum Gasteiger partial charge on any atom is -0.477 e. The molecule has 0 spiro atoms. The topological polar surface area (TPSA) is 106 Å². The van der Waals surface area contributed by atoms with Crippen molar-refractivity contribution >= 4 is 21.7 Å². The van der Waals surface area contributed by atoms with E-state index in [0.717, 1.165) is 6.42 Å². The van der Waals surface area contributed by atoms with E-state index in [1.807, 2.05) is 18.7 Å². The summed E-state index contributed by atoms with van der Waals surface area (Å²) in [6.07, 6.45) is -1.76. The van der Waals surface area contributed by atoms with Crippen LogP contribution in [0.5, 0.6) is 5.88 Å². The van der Waals surface area contributed by atoms with E-state index in [-0.39, 0.29) is 47.7 Å². The lowest BCUT2D eigenvalue weighted by atomic mass is 9.97. The molecule has 2 aromatic heterocycles. The minimum atomic E-state index is -4.24. The van der Waals surface area contributed by atoms with Crippen LogP contribution in [-0.4, -0.2) is 54.0 Å². The van der Waals surface area contributed by atoms with Crippen molar-refractivity contribution in [2.24, 2.45) is 11.3 Å². The molecule has 2 fully saturated rings. The van der Waals surface area contributed by atoms with Gasteiger partial charge in [0.1, 0.15) is 5.82 Å². The molecule has 1 aromatic carbocycles. The largest absolute Gasteiger partial charge is 0.477 e. The average molecular weight is 592 g/mol. The highest BCUT2D eigenvalue weighted by atomic mass is 32.2. The molecule has 3 aromatic rings. The molecule has 1 atom stereocenters. The van der Waals surface area contributed by atoms with Gasteiger partial charge >= 0.3 is 6.18 Å². The number of carbonyl (C=O) groups is 1. The molecule has 1 saturated carbocycles. The number of nitrogens with zero attached hydrogens (tertiary/aromatic N) is 4. The van der Waals surface area contributed by atoms with Crippen LogP contribution in [0.25, 0.3) is 5.82 Å². The fraction of sp³-hybridized carbons (Fsp3) is 0.464. The Morgan fingerprint density at radius 1 is 1.12 bits per heavy atom. The number of sulfonamides is 1. The number of hydrogen-bond donors (Lipinski definition) is 1. The summed E-state index contributed by atoms with van der Waals surface area (Å²) in [7, 11) is -4.12. The number of alkyl halides is 3. The molecule has 3 heterocycles. The lowest BCUT2D eigenvalue weighted by molar-refractivity contribution is -0.190. The highest BCUT2D eigenvalue weighted by Gasteiger charge is 2.62. The van der Waals surface area contributed by atoms with Crippen LogP contribution in [0.4, 0.5) is 19.0 Å². The third-order valence-corrected chi connectivity index (χ3v) is 9.15. The maximum absolute atomic E-state index is 13.4. The van der Waals surface area contributed by atoms with Gasteiger partial charge in [0.2, 0.25) is 5.88 Å². The predicted octanol–water partition coefficient (Wildman–Crippen LogP) is 5.12. The van der Waals surface area contributed by atoms with E-state index in [0.29, 0.717) is 24.1 Å². The first kappa shape index (κ1) is 28.9. The summed E-state index contributed by atoms with van der Waals surface area (Å²) in [5, 5.41) is 4.31. The van der Waals surface area contributed by atoms with Crippen molar-refractivity contribution in [1.82, 2.24) is 19.5 Å². The van der Waals surface area contributed by atoms with Crippen LogP contribution in [0.3, 0.4) is 0 Å². The van der Waals surface area contributed by atoms with Crippen molar-refractivity contribution in [2.75, 3.05) is 18.1 Å². The number of hydrogen-bond acceptors (Lipinski definition) is 7. The van der Waals surface area contributed by atoms with Gasteiger partial charge in [-0.1, -0.05) is 25.1 Å². The van der Waals surface area contributed by atoms with Crippen LogP contribution in [-0.2, 0) is 10.0 Å². The first-order chi connectivity index (χ1) is 19.2. The van der Waals surface area contributed by atoms with Crippen LogP contribution in [0.1, 0.15) is 56.8 Å². The van der Waals surface area contributed by atoms with Crippen molar-refractivity contribution in [3.63, 3.8) is 0 Å². The number of amides is 1. The summed E-state index contributed by atoms with van der Waals surface area (Å²) in [6.45, 7) is 6.63. The van der Waals surface area contributed by atoms with Crippen molar-refractivity contribution < 1.29 is 31.1 Å². The van der Waals surface area contributed by atoms with E-state index >= 15 is 0 Å².